The highest BCUT2D eigenvalue weighted by Gasteiger charge is 2.34. The molecule has 4 heterocycles. The molecule has 0 spiro atoms. The quantitative estimate of drug-likeness (QED) is 0.610. The zero-order chi connectivity index (χ0) is 15.9. The number of aromatic amines is 1. The summed E-state index contributed by atoms with van der Waals surface area (Å²) in [6.45, 7) is 0.833. The lowest BCUT2D eigenvalue weighted by molar-refractivity contribution is 0.616. The normalized spacial score (nSPS) is 17.2. The van der Waals surface area contributed by atoms with Crippen LogP contribution in [0.4, 0.5) is 5.95 Å². The molecule has 4 aromatic rings. The van der Waals surface area contributed by atoms with Crippen LogP contribution in [0.1, 0.15) is 22.4 Å². The van der Waals surface area contributed by atoms with Crippen molar-refractivity contribution in [2.75, 3.05) is 11.4 Å². The number of fused-ring (bicyclic) bond motifs is 2. The van der Waals surface area contributed by atoms with E-state index in [0.717, 1.165) is 35.1 Å². The van der Waals surface area contributed by atoms with Crippen LogP contribution in [0.3, 0.4) is 0 Å². The van der Waals surface area contributed by atoms with E-state index in [1.54, 1.807) is 30.1 Å². The summed E-state index contributed by atoms with van der Waals surface area (Å²) in [6.07, 6.45) is 6.21. The van der Waals surface area contributed by atoms with E-state index in [2.05, 4.69) is 30.9 Å². The third-order valence-electron chi connectivity index (χ3n) is 4.28. The fourth-order valence-electron chi connectivity index (χ4n) is 3.19. The van der Waals surface area contributed by atoms with Gasteiger partial charge in [-0.05, 0) is 18.2 Å². The van der Waals surface area contributed by atoms with Gasteiger partial charge in [-0.2, -0.15) is 0 Å². The van der Waals surface area contributed by atoms with Gasteiger partial charge >= 0.3 is 0 Å². The molecule has 1 N–H and O–H groups in total. The first kappa shape index (κ1) is 13.6. The Morgan fingerprint density at radius 2 is 1.96 bits per heavy atom. The van der Waals surface area contributed by atoms with Crippen LogP contribution in [0.15, 0.2) is 49.1 Å². The molecule has 0 radical (unpaired) electrons. The number of hydrogen-bond donors (Lipinski definition) is 1. The van der Waals surface area contributed by atoms with E-state index in [1.165, 1.54) is 10.4 Å². The molecule has 0 amide bonds. The first-order valence-corrected chi connectivity index (χ1v) is 8.63. The van der Waals surface area contributed by atoms with Crippen molar-refractivity contribution >= 4 is 27.5 Å². The summed E-state index contributed by atoms with van der Waals surface area (Å²) in [5, 5.41) is 1.02. The highest BCUT2D eigenvalue weighted by molar-refractivity contribution is 7.18. The Morgan fingerprint density at radius 3 is 2.83 bits per heavy atom. The Kier molecular flexibility index (Phi) is 3.05. The third kappa shape index (κ3) is 2.09. The number of thiazole rings is 1. The molecule has 1 aliphatic heterocycles. The maximum atomic E-state index is 4.86. The lowest BCUT2D eigenvalue weighted by atomic mass is 10.0. The van der Waals surface area contributed by atoms with E-state index in [4.69, 9.17) is 4.98 Å². The standard InChI is InChI=1S/C17H14N6S/c1-2-5-13-11(4-1)22-16(24-13)15-14-12(20-10-21-14)6-9-23(15)17-18-7-3-8-19-17/h1-5,7-8,10,15H,6,9H2,(H,20,21). The summed E-state index contributed by atoms with van der Waals surface area (Å²) in [6, 6.07) is 10.00. The lowest BCUT2D eigenvalue weighted by Gasteiger charge is -2.33. The van der Waals surface area contributed by atoms with Crippen molar-refractivity contribution in [1.82, 2.24) is 24.9 Å². The molecule has 6 nitrogen and oxygen atoms in total. The summed E-state index contributed by atoms with van der Waals surface area (Å²) in [4.78, 5) is 23.8. The number of anilines is 1. The van der Waals surface area contributed by atoms with E-state index >= 15 is 0 Å². The predicted molar refractivity (Wildman–Crippen MR) is 93.1 cm³/mol. The molecular weight excluding hydrogens is 320 g/mol. The number of rotatable bonds is 2. The van der Waals surface area contributed by atoms with Gasteiger partial charge in [-0.3, -0.25) is 0 Å². The molecule has 0 aliphatic carbocycles. The first-order chi connectivity index (χ1) is 11.9. The van der Waals surface area contributed by atoms with Crippen molar-refractivity contribution in [1.29, 1.82) is 0 Å². The highest BCUT2D eigenvalue weighted by atomic mass is 32.1. The molecule has 1 atom stereocenters. The van der Waals surface area contributed by atoms with Crippen molar-refractivity contribution in [3.05, 3.63) is 65.4 Å². The average molecular weight is 334 g/mol. The van der Waals surface area contributed by atoms with Crippen LogP contribution in [-0.4, -0.2) is 31.5 Å². The Hall–Kier alpha value is -2.80. The van der Waals surface area contributed by atoms with Crippen molar-refractivity contribution in [3.63, 3.8) is 0 Å². The number of aromatic nitrogens is 5. The zero-order valence-corrected chi connectivity index (χ0v) is 13.6. The Balaban J connectivity index is 1.68. The summed E-state index contributed by atoms with van der Waals surface area (Å²) in [5.41, 5.74) is 3.22. The van der Waals surface area contributed by atoms with Crippen molar-refractivity contribution in [3.8, 4) is 0 Å². The van der Waals surface area contributed by atoms with Crippen LogP contribution < -0.4 is 4.90 Å². The molecule has 3 aromatic heterocycles. The molecule has 0 fully saturated rings. The van der Waals surface area contributed by atoms with Gasteiger partial charge in [0, 0.05) is 31.1 Å². The fraction of sp³-hybridized carbons (Fsp3) is 0.176. The second-order valence-corrected chi connectivity index (χ2v) is 6.74. The van der Waals surface area contributed by atoms with Gasteiger partial charge in [-0.1, -0.05) is 12.1 Å². The summed E-state index contributed by atoms with van der Waals surface area (Å²) >= 11 is 1.71. The predicted octanol–water partition coefficient (Wildman–Crippen LogP) is 2.96. The van der Waals surface area contributed by atoms with Gasteiger partial charge in [0.2, 0.25) is 5.95 Å². The van der Waals surface area contributed by atoms with Crippen LogP contribution in [0.2, 0.25) is 0 Å². The van der Waals surface area contributed by atoms with Gasteiger partial charge in [-0.25, -0.2) is 19.9 Å². The maximum Gasteiger partial charge on any atom is 0.226 e. The van der Waals surface area contributed by atoms with E-state index < -0.39 is 0 Å². The number of imidazole rings is 1. The van der Waals surface area contributed by atoms with Gasteiger partial charge in [0.05, 0.1) is 22.2 Å². The second-order valence-electron chi connectivity index (χ2n) is 5.68. The number of hydrogen-bond acceptors (Lipinski definition) is 6. The largest absolute Gasteiger partial charge is 0.348 e. The number of benzene rings is 1. The topological polar surface area (TPSA) is 70.6 Å². The summed E-state index contributed by atoms with van der Waals surface area (Å²) < 4.78 is 1.18. The van der Waals surface area contributed by atoms with Crippen LogP contribution in [0, 0.1) is 0 Å². The number of nitrogens with zero attached hydrogens (tertiary/aromatic N) is 5. The monoisotopic (exact) mass is 334 g/mol. The van der Waals surface area contributed by atoms with Gasteiger partial charge < -0.3 is 9.88 Å². The second kappa shape index (κ2) is 5.38. The van der Waals surface area contributed by atoms with Gasteiger partial charge in [0.25, 0.3) is 0 Å². The number of H-pyrrole nitrogens is 1. The minimum Gasteiger partial charge on any atom is -0.348 e. The zero-order valence-electron chi connectivity index (χ0n) is 12.8. The molecule has 1 unspecified atom stereocenters. The lowest BCUT2D eigenvalue weighted by Crippen LogP contribution is -2.37. The smallest absolute Gasteiger partial charge is 0.226 e. The van der Waals surface area contributed by atoms with Crippen molar-refractivity contribution in [2.45, 2.75) is 12.5 Å². The minimum atomic E-state index is -0.0557. The summed E-state index contributed by atoms with van der Waals surface area (Å²) in [7, 11) is 0. The van der Waals surface area contributed by atoms with Gasteiger partial charge in [-0.15, -0.1) is 11.3 Å². The maximum absolute atomic E-state index is 4.86. The average Bonchev–Trinajstić information content (AvgIpc) is 3.28. The molecule has 5 rings (SSSR count). The Labute approximate surface area is 142 Å². The molecule has 0 saturated heterocycles. The molecule has 0 saturated carbocycles. The summed E-state index contributed by atoms with van der Waals surface area (Å²) in [5.74, 6) is 0.718. The molecule has 0 bridgehead atoms. The molecule has 7 heteroatoms. The van der Waals surface area contributed by atoms with Crippen LogP contribution >= 0.6 is 11.3 Å². The van der Waals surface area contributed by atoms with E-state index in [-0.39, 0.29) is 6.04 Å². The van der Waals surface area contributed by atoms with Crippen LogP contribution in [0.25, 0.3) is 10.2 Å². The Bertz CT molecular complexity index is 959. The molecule has 1 aliphatic rings. The number of nitrogens with one attached hydrogen (secondary N) is 1. The first-order valence-electron chi connectivity index (χ1n) is 7.81. The van der Waals surface area contributed by atoms with Crippen LogP contribution in [-0.2, 0) is 6.42 Å². The molecule has 1 aromatic carbocycles. The Morgan fingerprint density at radius 1 is 1.08 bits per heavy atom. The van der Waals surface area contributed by atoms with Crippen molar-refractivity contribution < 1.29 is 0 Å². The SMILES string of the molecule is c1cnc(N2CCc3[nH]cnc3C2c2nc3ccccc3s2)nc1. The minimum absolute atomic E-state index is 0.0557. The van der Waals surface area contributed by atoms with E-state index in [9.17, 15) is 0 Å². The number of para-hydroxylation sites is 1. The molecule has 24 heavy (non-hydrogen) atoms. The van der Waals surface area contributed by atoms with E-state index in [1.807, 2.05) is 24.3 Å². The third-order valence-corrected chi connectivity index (χ3v) is 5.37. The fourth-order valence-corrected chi connectivity index (χ4v) is 4.27. The molecule has 118 valence electrons. The molecular formula is C17H14N6S. The van der Waals surface area contributed by atoms with E-state index in [0.29, 0.717) is 0 Å². The van der Waals surface area contributed by atoms with Gasteiger partial charge in [0.1, 0.15) is 11.0 Å². The van der Waals surface area contributed by atoms with Gasteiger partial charge in [0.15, 0.2) is 0 Å². The van der Waals surface area contributed by atoms with Crippen molar-refractivity contribution in [2.24, 2.45) is 0 Å². The van der Waals surface area contributed by atoms with Crippen LogP contribution in [0.5, 0.6) is 0 Å². The highest BCUT2D eigenvalue weighted by Crippen LogP contribution is 2.38.